The van der Waals surface area contributed by atoms with Crippen LogP contribution in [0.2, 0.25) is 0 Å². The minimum Gasteiger partial charge on any atom is -0.478 e. The number of amides is 1. The van der Waals surface area contributed by atoms with Gasteiger partial charge in [-0.25, -0.2) is 4.79 Å². The van der Waals surface area contributed by atoms with Crippen LogP contribution in [0.25, 0.3) is 0 Å². The average Bonchev–Trinajstić information content (AvgIpc) is 2.83. The maximum Gasteiger partial charge on any atom is 0.335 e. The van der Waals surface area contributed by atoms with Crippen LogP contribution in [0.4, 0.5) is 11.4 Å². The number of carbonyl (C=O) groups excluding carboxylic acids is 1. The van der Waals surface area contributed by atoms with E-state index in [1.165, 1.54) is 17.0 Å². The van der Waals surface area contributed by atoms with Gasteiger partial charge in [0.25, 0.3) is 5.91 Å². The van der Waals surface area contributed by atoms with Gasteiger partial charge in [-0.1, -0.05) is 18.2 Å². The third kappa shape index (κ3) is 2.44. The number of hydrogen-bond acceptors (Lipinski definition) is 3. The van der Waals surface area contributed by atoms with Gasteiger partial charge in [0, 0.05) is 5.69 Å². The first-order valence-corrected chi connectivity index (χ1v) is 7.01. The van der Waals surface area contributed by atoms with Gasteiger partial charge in [0.1, 0.15) is 6.54 Å². The van der Waals surface area contributed by atoms with Gasteiger partial charge >= 0.3 is 5.97 Å². The van der Waals surface area contributed by atoms with Crippen molar-refractivity contribution < 1.29 is 14.7 Å². The Morgan fingerprint density at radius 3 is 2.23 bits per heavy atom. The SMILES string of the molecule is O=C(O)c1ccc(N2CC(=O)N(c3ccccc3)C2=S)cc1. The Kier molecular flexibility index (Phi) is 3.60. The second-order valence-corrected chi connectivity index (χ2v) is 5.15. The number of nitrogens with zero attached hydrogens (tertiary/aromatic N) is 2. The van der Waals surface area contributed by atoms with Crippen LogP contribution in [-0.2, 0) is 4.79 Å². The van der Waals surface area contributed by atoms with Crippen molar-refractivity contribution in [1.82, 2.24) is 0 Å². The summed E-state index contributed by atoms with van der Waals surface area (Å²) in [6, 6.07) is 15.5. The Bertz CT molecular complexity index is 744. The van der Waals surface area contributed by atoms with Gasteiger partial charge in [0.2, 0.25) is 0 Å². The van der Waals surface area contributed by atoms with Crippen molar-refractivity contribution in [2.24, 2.45) is 0 Å². The highest BCUT2D eigenvalue weighted by atomic mass is 32.1. The summed E-state index contributed by atoms with van der Waals surface area (Å²) in [7, 11) is 0. The van der Waals surface area contributed by atoms with Crippen molar-refractivity contribution in [2.45, 2.75) is 0 Å². The molecule has 5 nitrogen and oxygen atoms in total. The summed E-state index contributed by atoms with van der Waals surface area (Å²) >= 11 is 5.40. The fourth-order valence-corrected chi connectivity index (χ4v) is 2.70. The maximum absolute atomic E-state index is 12.2. The van der Waals surface area contributed by atoms with E-state index in [9.17, 15) is 9.59 Å². The molecule has 0 atom stereocenters. The Labute approximate surface area is 132 Å². The Balaban J connectivity index is 1.89. The number of benzene rings is 2. The van der Waals surface area contributed by atoms with Crippen LogP contribution in [0.5, 0.6) is 0 Å². The van der Waals surface area contributed by atoms with Crippen LogP contribution in [0.3, 0.4) is 0 Å². The minimum atomic E-state index is -0.988. The van der Waals surface area contributed by atoms with Gasteiger partial charge in [0.15, 0.2) is 5.11 Å². The number of aromatic carboxylic acids is 1. The lowest BCUT2D eigenvalue weighted by atomic mass is 10.2. The molecule has 0 saturated carbocycles. The summed E-state index contributed by atoms with van der Waals surface area (Å²) < 4.78 is 0. The number of carbonyl (C=O) groups is 2. The number of carboxylic acid groups (broad SMARTS) is 1. The molecule has 0 bridgehead atoms. The molecule has 0 radical (unpaired) electrons. The van der Waals surface area contributed by atoms with Gasteiger partial charge in [-0.15, -0.1) is 0 Å². The van der Waals surface area contributed by atoms with E-state index in [4.69, 9.17) is 17.3 Å². The zero-order valence-corrected chi connectivity index (χ0v) is 12.3. The zero-order valence-electron chi connectivity index (χ0n) is 11.5. The van der Waals surface area contributed by atoms with Crippen LogP contribution in [-0.4, -0.2) is 28.6 Å². The first-order chi connectivity index (χ1) is 10.6. The van der Waals surface area contributed by atoms with Crippen molar-refractivity contribution in [3.05, 3.63) is 60.2 Å². The number of hydrogen-bond donors (Lipinski definition) is 1. The molecule has 1 amide bonds. The van der Waals surface area contributed by atoms with E-state index in [1.807, 2.05) is 30.3 Å². The second-order valence-electron chi connectivity index (χ2n) is 4.79. The Hall–Kier alpha value is -2.73. The standard InChI is InChI=1S/C16H12N2O3S/c19-14-10-17(12-8-6-11(7-9-12)15(20)21)16(22)18(14)13-4-2-1-3-5-13/h1-9H,10H2,(H,20,21). The van der Waals surface area contributed by atoms with Gasteiger partial charge in [-0.3, -0.25) is 9.69 Å². The van der Waals surface area contributed by atoms with Crippen LogP contribution in [0.1, 0.15) is 10.4 Å². The topological polar surface area (TPSA) is 60.9 Å². The van der Waals surface area contributed by atoms with Crippen LogP contribution in [0, 0.1) is 0 Å². The van der Waals surface area contributed by atoms with E-state index < -0.39 is 5.97 Å². The van der Waals surface area contributed by atoms with Crippen LogP contribution < -0.4 is 9.80 Å². The van der Waals surface area contributed by atoms with E-state index in [0.717, 1.165) is 5.69 Å². The second kappa shape index (κ2) is 5.57. The van der Waals surface area contributed by atoms with E-state index in [-0.39, 0.29) is 18.0 Å². The first kappa shape index (κ1) is 14.2. The largest absolute Gasteiger partial charge is 0.478 e. The van der Waals surface area contributed by atoms with E-state index in [1.54, 1.807) is 17.0 Å². The molecule has 22 heavy (non-hydrogen) atoms. The predicted octanol–water partition coefficient (Wildman–Crippen LogP) is 2.52. The molecule has 0 spiro atoms. The van der Waals surface area contributed by atoms with Crippen molar-refractivity contribution in [3.63, 3.8) is 0 Å². The van der Waals surface area contributed by atoms with Crippen molar-refractivity contribution in [1.29, 1.82) is 0 Å². The number of rotatable bonds is 3. The molecular formula is C16H12N2O3S. The summed E-state index contributed by atoms with van der Waals surface area (Å²) in [5, 5.41) is 9.31. The average molecular weight is 312 g/mol. The van der Waals surface area contributed by atoms with E-state index in [0.29, 0.717) is 10.8 Å². The molecule has 1 aliphatic heterocycles. The van der Waals surface area contributed by atoms with Crippen molar-refractivity contribution in [2.75, 3.05) is 16.3 Å². The highest BCUT2D eigenvalue weighted by molar-refractivity contribution is 7.81. The molecule has 0 aliphatic carbocycles. The summed E-state index contributed by atoms with van der Waals surface area (Å²) in [6.45, 7) is 0.139. The number of para-hydroxylation sites is 1. The minimum absolute atomic E-state index is 0.112. The maximum atomic E-state index is 12.2. The van der Waals surface area contributed by atoms with Gasteiger partial charge < -0.3 is 10.0 Å². The lowest BCUT2D eigenvalue weighted by Gasteiger charge is -2.20. The molecule has 0 aromatic heterocycles. The predicted molar refractivity (Wildman–Crippen MR) is 87.3 cm³/mol. The first-order valence-electron chi connectivity index (χ1n) is 6.61. The number of thiocarbonyl (C=S) groups is 1. The summed E-state index contributed by atoms with van der Waals surface area (Å²) in [4.78, 5) is 26.3. The molecule has 110 valence electrons. The third-order valence-corrected chi connectivity index (χ3v) is 3.81. The van der Waals surface area contributed by atoms with Crippen LogP contribution >= 0.6 is 12.2 Å². The molecule has 1 saturated heterocycles. The van der Waals surface area contributed by atoms with Crippen molar-refractivity contribution in [3.8, 4) is 0 Å². The summed E-state index contributed by atoms with van der Waals surface area (Å²) in [5.41, 5.74) is 1.61. The molecule has 1 fully saturated rings. The van der Waals surface area contributed by atoms with Gasteiger partial charge in [-0.05, 0) is 48.6 Å². The van der Waals surface area contributed by atoms with E-state index in [2.05, 4.69) is 0 Å². The molecular weight excluding hydrogens is 300 g/mol. The summed E-state index contributed by atoms with van der Waals surface area (Å²) in [5.74, 6) is -1.10. The molecule has 1 heterocycles. The lowest BCUT2D eigenvalue weighted by molar-refractivity contribution is -0.115. The Morgan fingerprint density at radius 2 is 1.64 bits per heavy atom. The van der Waals surface area contributed by atoms with E-state index >= 15 is 0 Å². The molecule has 3 rings (SSSR count). The van der Waals surface area contributed by atoms with Gasteiger partial charge in [0.05, 0.1) is 11.3 Å². The highest BCUT2D eigenvalue weighted by Crippen LogP contribution is 2.26. The van der Waals surface area contributed by atoms with Crippen molar-refractivity contribution >= 4 is 40.6 Å². The third-order valence-electron chi connectivity index (χ3n) is 3.41. The number of carboxylic acids is 1. The Morgan fingerprint density at radius 1 is 1.00 bits per heavy atom. The highest BCUT2D eigenvalue weighted by Gasteiger charge is 2.34. The zero-order chi connectivity index (χ0) is 15.7. The summed E-state index contributed by atoms with van der Waals surface area (Å²) in [6.07, 6.45) is 0. The monoisotopic (exact) mass is 312 g/mol. The fraction of sp³-hybridized carbons (Fsp3) is 0.0625. The molecule has 2 aromatic rings. The molecule has 1 aliphatic rings. The quantitative estimate of drug-likeness (QED) is 0.883. The number of anilines is 2. The lowest BCUT2D eigenvalue weighted by Crippen LogP contribution is -2.32. The molecule has 1 N–H and O–H groups in total. The molecule has 0 unspecified atom stereocenters. The molecule has 6 heteroatoms. The van der Waals surface area contributed by atoms with Gasteiger partial charge in [-0.2, -0.15) is 0 Å². The smallest absolute Gasteiger partial charge is 0.335 e. The normalized spacial score (nSPS) is 14.5. The van der Waals surface area contributed by atoms with Crippen LogP contribution in [0.15, 0.2) is 54.6 Å². The molecule has 2 aromatic carbocycles. The fourth-order valence-electron chi connectivity index (χ4n) is 2.32.